The first-order chi connectivity index (χ1) is 68.7. The van der Waals surface area contributed by atoms with Gasteiger partial charge in [0.1, 0.15) is 38.6 Å². The highest BCUT2D eigenvalue weighted by Gasteiger charge is 2.49. The first kappa shape index (κ1) is 130. The zero-order valence-electron chi connectivity index (χ0n) is 84.6. The molecule has 2 heterocycles. The van der Waals surface area contributed by atoms with Gasteiger partial charge in [0.15, 0.2) is 29.5 Å². The van der Waals surface area contributed by atoms with Gasteiger partial charge < -0.3 is 91.8 Å². The van der Waals surface area contributed by atoms with Gasteiger partial charge in [-0.1, -0.05) is 90.1 Å². The summed E-state index contributed by atoms with van der Waals surface area (Å²) >= 11 is 0.854. The summed E-state index contributed by atoms with van der Waals surface area (Å²) in [4.78, 5) is 261. The van der Waals surface area contributed by atoms with Gasteiger partial charge in [-0.3, -0.25) is 33.6 Å². The summed E-state index contributed by atoms with van der Waals surface area (Å²) in [6.07, 6.45) is 7.74. The van der Waals surface area contributed by atoms with Crippen molar-refractivity contribution < 1.29 is 178 Å². The Kier molecular flexibility index (Phi) is 65.2. The quantitative estimate of drug-likeness (QED) is 0.00795. The number of nitrogens with zero attached hydrogens (tertiary/aromatic N) is 6. The summed E-state index contributed by atoms with van der Waals surface area (Å²) in [5.74, 6) is -13.8. The summed E-state index contributed by atoms with van der Waals surface area (Å²) in [6.45, 7) is 21.5. The normalized spacial score (nSPS) is 13.8. The lowest BCUT2D eigenvalue weighted by Gasteiger charge is -2.36. The molecule has 0 saturated carbocycles. The number of hydrogen-bond acceptors (Lipinski definition) is 42. The molecule has 47 heteroatoms. The molecule has 145 heavy (non-hydrogen) atoms. The van der Waals surface area contributed by atoms with Crippen molar-refractivity contribution in [2.75, 3.05) is 98.6 Å². The van der Waals surface area contributed by atoms with E-state index in [0.717, 1.165) is 75.8 Å². The maximum Gasteiger partial charge on any atom is 0.347 e. The molecule has 1 aliphatic heterocycles. The number of unbranched alkanes of at least 4 members (excludes halogenated alkanes) is 13. The number of carboxylic acid groups (broad SMARTS) is 2. The minimum atomic E-state index is -1.52. The number of carbonyl (C=O) groups is 16. The maximum atomic E-state index is 13.4. The van der Waals surface area contributed by atoms with Crippen LogP contribution in [0.2, 0.25) is 0 Å². The topological polar surface area (TPSA) is 655 Å². The number of epoxide rings is 1. The summed E-state index contributed by atoms with van der Waals surface area (Å²) in [7, 11) is 1.17. The zero-order chi connectivity index (χ0) is 109. The molecule has 5 N–H and O–H groups in total. The number of aliphatic hydroxyl groups is 3. The van der Waals surface area contributed by atoms with E-state index in [9.17, 15) is 121 Å². The standard InChI is InChI=1S/C39H59N5O14.C33H49NO12S.C26H34O14/c1-30(35(49)56-27-32-26-55-32)58-36(50)31(2)57-34(48)19-11-17-25-54-33(47)18-10-4-3-7-14-22-42-37(51)43(23-15-8-5-12-20-40-28-45)39(53)44(38(42)52)24-16-9-6-13-21-41-29-46;1-9-10-15-44-30(40)25(32(6,20-34)14-13-26(36)45-18-24(35)19-46-29(39)23(4)5)17-33(7,31(41)42-8)21-47-27(37)12-11-16-43-28(38)22(2)3;1-4-26(12-27,13-28)14-38-23(34)15(2)40-24(35)16(3)39-20(29)7-5-6-8-37-25(36)19-10-17(21(30)31)9-18(11-19)22(32)33/h30-32H,3-27H2,1-2H3;24-25,35H,2,4,9-19,21H2,1,3,5-8H3;9-11,15-16,27-28H,4-8,12-14H2,1-3H3,(H,30,31)(H,32,33). The van der Waals surface area contributed by atoms with Crippen LogP contribution in [0.4, 0.5) is 0 Å². The molecule has 0 spiro atoms. The Morgan fingerprint density at radius 1 is 0.510 bits per heavy atom. The Morgan fingerprint density at radius 3 is 1.39 bits per heavy atom. The molecule has 1 aliphatic rings. The number of aromatic carboxylic acids is 2. The molecule has 3 rings (SSSR count). The number of aliphatic hydroxyl groups excluding tert-OH is 3. The Morgan fingerprint density at radius 2 is 0.931 bits per heavy atom. The van der Waals surface area contributed by atoms with E-state index in [1.54, 1.807) is 6.92 Å². The number of hydrogen-bond donors (Lipinski definition) is 5. The van der Waals surface area contributed by atoms with Crippen LogP contribution in [0.25, 0.3) is 0 Å². The van der Waals surface area contributed by atoms with Crippen molar-refractivity contribution in [2.45, 2.75) is 305 Å². The Bertz CT molecular complexity index is 4810. The fraction of sp³-hybridized carbons (Fsp3) is 0.673. The number of isocyanates is 2. The minimum Gasteiger partial charge on any atom is -0.478 e. The summed E-state index contributed by atoms with van der Waals surface area (Å²) in [5.41, 5.74) is -6.52. The van der Waals surface area contributed by atoms with Gasteiger partial charge in [0.05, 0.1) is 111 Å². The van der Waals surface area contributed by atoms with Crippen molar-refractivity contribution in [3.8, 4) is 6.07 Å². The van der Waals surface area contributed by atoms with Gasteiger partial charge in [-0.25, -0.2) is 90.8 Å². The number of esters is 13. The van der Waals surface area contributed by atoms with Crippen LogP contribution >= 0.6 is 11.8 Å². The van der Waals surface area contributed by atoms with Crippen LogP contribution in [0, 0.1) is 33.5 Å². The van der Waals surface area contributed by atoms with Gasteiger partial charge in [-0.2, -0.15) is 5.26 Å². The van der Waals surface area contributed by atoms with Gasteiger partial charge in [-0.05, 0) is 170 Å². The number of rotatable bonds is 73. The van der Waals surface area contributed by atoms with Crippen LogP contribution in [0.5, 0.6) is 0 Å². The summed E-state index contributed by atoms with van der Waals surface area (Å²) < 4.78 is 73.9. The molecule has 1 fully saturated rings. The van der Waals surface area contributed by atoms with Crippen LogP contribution in [-0.2, 0) is 158 Å². The highest BCUT2D eigenvalue weighted by atomic mass is 32.2. The highest BCUT2D eigenvalue weighted by molar-refractivity contribution is 8.13. The number of nitriles is 1. The average molecular weight is 2080 g/mol. The van der Waals surface area contributed by atoms with Crippen LogP contribution in [-0.4, -0.2) is 281 Å². The second-order valence-corrected chi connectivity index (χ2v) is 35.8. The molecule has 9 atom stereocenters. The van der Waals surface area contributed by atoms with Gasteiger partial charge in [0.2, 0.25) is 12.2 Å². The Hall–Kier alpha value is -12.7. The number of ether oxygens (including phenoxy) is 14. The van der Waals surface area contributed by atoms with Crippen LogP contribution < -0.4 is 17.1 Å². The number of thioether (sulfide) groups is 1. The van der Waals surface area contributed by atoms with E-state index in [1.165, 1.54) is 74.7 Å². The monoisotopic (exact) mass is 2070 g/mol. The van der Waals surface area contributed by atoms with E-state index >= 15 is 0 Å². The molecular formula is C98H142N6O40S. The number of carboxylic acids is 2. The predicted molar refractivity (Wildman–Crippen MR) is 512 cm³/mol. The van der Waals surface area contributed by atoms with E-state index in [2.05, 4.69) is 29.2 Å². The summed E-state index contributed by atoms with van der Waals surface area (Å²) in [6, 6.07) is 4.99. The molecular weight excluding hydrogens is 1930 g/mol. The molecule has 1 aromatic heterocycles. The van der Waals surface area contributed by atoms with E-state index in [-0.39, 0.29) is 163 Å². The Balaban J connectivity index is 0.00000111. The van der Waals surface area contributed by atoms with Crippen LogP contribution in [0.1, 0.15) is 280 Å². The predicted octanol–water partition coefficient (Wildman–Crippen LogP) is 8.03. The fourth-order valence-electron chi connectivity index (χ4n) is 12.8. The molecule has 0 radical (unpaired) electrons. The van der Waals surface area contributed by atoms with E-state index in [0.29, 0.717) is 103 Å². The third-order valence-corrected chi connectivity index (χ3v) is 23.5. The zero-order valence-corrected chi connectivity index (χ0v) is 85.4. The molecule has 46 nitrogen and oxygen atoms in total. The van der Waals surface area contributed by atoms with E-state index in [4.69, 9.17) is 76.5 Å². The van der Waals surface area contributed by atoms with Crippen molar-refractivity contribution in [2.24, 2.45) is 32.1 Å². The molecule has 0 bridgehead atoms. The second kappa shape index (κ2) is 72.5. The number of benzene rings is 1. The second-order valence-electron chi connectivity index (χ2n) is 34.8. The maximum absolute atomic E-state index is 13.4. The van der Waals surface area contributed by atoms with Crippen molar-refractivity contribution in [3.63, 3.8) is 0 Å². The first-order valence-electron chi connectivity index (χ1n) is 48.0. The third-order valence-electron chi connectivity index (χ3n) is 22.2. The number of aliphatic imine (C=N–C) groups is 2. The largest absolute Gasteiger partial charge is 0.478 e. The van der Waals surface area contributed by atoms with Gasteiger partial charge in [-0.15, -0.1) is 0 Å². The third kappa shape index (κ3) is 53.6. The smallest absolute Gasteiger partial charge is 0.347 e. The highest BCUT2D eigenvalue weighted by Crippen LogP contribution is 2.43. The molecule has 0 amide bonds. The number of methoxy groups -OCH3 is 1. The molecule has 0 aliphatic carbocycles. The fourth-order valence-corrected chi connectivity index (χ4v) is 13.8. The first-order valence-corrected chi connectivity index (χ1v) is 49.0. The Labute approximate surface area is 844 Å². The number of aromatic nitrogens is 3. The lowest BCUT2D eigenvalue weighted by molar-refractivity contribution is -0.178. The van der Waals surface area contributed by atoms with Crippen molar-refractivity contribution in [1.29, 1.82) is 5.26 Å². The average Bonchev–Trinajstić information content (AvgIpc) is 1.59. The molecule has 9 unspecified atom stereocenters. The van der Waals surface area contributed by atoms with Crippen LogP contribution in [0.15, 0.2) is 66.9 Å². The molecule has 1 saturated heterocycles. The van der Waals surface area contributed by atoms with Gasteiger partial charge in [0, 0.05) is 68.6 Å². The van der Waals surface area contributed by atoms with Crippen LogP contribution in [0.3, 0.4) is 0 Å². The molecule has 2 aromatic rings. The van der Waals surface area contributed by atoms with Gasteiger partial charge >= 0.3 is 107 Å². The van der Waals surface area contributed by atoms with E-state index in [1.807, 2.05) is 6.92 Å². The number of carbonyl (C=O) groups excluding carboxylic acids is 16. The molecule has 810 valence electrons. The lowest BCUT2D eigenvalue weighted by atomic mass is 9.68. The van der Waals surface area contributed by atoms with Gasteiger partial charge in [0.25, 0.3) is 0 Å². The lowest BCUT2D eigenvalue weighted by Crippen LogP contribution is -2.54. The van der Waals surface area contributed by atoms with Crippen molar-refractivity contribution in [1.82, 2.24) is 13.7 Å². The SMILES string of the molecule is C=C(C)C(=O)OCCCC(=O)SCC(C)(CC(C(=O)OCCCC)C(C)(C#N)CCC(=O)OCC(O)COC(=O)C(=C)C)C(=O)OC.CC(OC(=O)CCCCOC(=O)CCCCCCCn1c(=O)n(CCCCCCN=C=O)c(=O)n(CCCCCCN=C=O)c1=O)C(=O)OC(C)C(=O)OCC1CO1.CCC(CO)(CO)COC(=O)C(C)OC(=O)C(C)OC(=O)CCCCOC(=O)c1cc(C(=O)O)cc(C(=O)O)c1. The van der Waals surface area contributed by atoms with Crippen molar-refractivity contribution >= 4 is 119 Å². The van der Waals surface area contributed by atoms with E-state index < -0.39 is 191 Å². The van der Waals surface area contributed by atoms with Crippen molar-refractivity contribution in [3.05, 3.63) is 90.6 Å². The summed E-state index contributed by atoms with van der Waals surface area (Å²) in [5, 5.41) is 56.9. The minimum absolute atomic E-state index is 0.00378. The molecule has 1 aromatic carbocycles.